The highest BCUT2D eigenvalue weighted by Crippen LogP contribution is 2.26. The molecular formula is C29H44ClN5O3S. The van der Waals surface area contributed by atoms with Gasteiger partial charge in [0.25, 0.3) is 0 Å². The van der Waals surface area contributed by atoms with Gasteiger partial charge in [0.15, 0.2) is 0 Å². The molecule has 1 aromatic carbocycles. The van der Waals surface area contributed by atoms with Crippen LogP contribution in [-0.2, 0) is 20.7 Å². The number of aromatic nitrogens is 1. The van der Waals surface area contributed by atoms with Crippen LogP contribution in [0.1, 0.15) is 52.0 Å². The summed E-state index contributed by atoms with van der Waals surface area (Å²) in [5.41, 5.74) is 1.48. The molecule has 39 heavy (non-hydrogen) atoms. The average molecular weight is 578 g/mol. The molecule has 0 bridgehead atoms. The number of amides is 2. The van der Waals surface area contributed by atoms with Gasteiger partial charge in [-0.15, -0.1) is 11.3 Å². The zero-order valence-electron chi connectivity index (χ0n) is 23.7. The van der Waals surface area contributed by atoms with Crippen LogP contribution < -0.4 is 16.0 Å². The van der Waals surface area contributed by atoms with Gasteiger partial charge in [-0.2, -0.15) is 0 Å². The molecule has 1 aliphatic rings. The number of nitrogens with zero attached hydrogens (tertiary/aromatic N) is 2. The van der Waals surface area contributed by atoms with E-state index in [0.29, 0.717) is 55.7 Å². The van der Waals surface area contributed by atoms with E-state index < -0.39 is 0 Å². The molecule has 216 valence electrons. The Balaban J connectivity index is 1.66. The van der Waals surface area contributed by atoms with Crippen molar-refractivity contribution in [2.24, 2.45) is 5.92 Å². The van der Waals surface area contributed by atoms with E-state index in [1.807, 2.05) is 25.1 Å². The monoisotopic (exact) mass is 577 g/mol. The lowest BCUT2D eigenvalue weighted by Crippen LogP contribution is -2.56. The molecule has 1 unspecified atom stereocenters. The van der Waals surface area contributed by atoms with Gasteiger partial charge < -0.3 is 20.7 Å². The van der Waals surface area contributed by atoms with E-state index in [4.69, 9.17) is 21.3 Å². The summed E-state index contributed by atoms with van der Waals surface area (Å²) in [6.07, 6.45) is 2.83. The zero-order chi connectivity index (χ0) is 28.4. The fraction of sp³-hybridized carbons (Fsp3) is 0.621. The lowest BCUT2D eigenvalue weighted by Gasteiger charge is -2.33. The largest absolute Gasteiger partial charge is 0.379 e. The molecule has 1 aromatic heterocycles. The number of carbonyl (C=O) groups excluding carboxylic acids is 2. The maximum absolute atomic E-state index is 12.8. The van der Waals surface area contributed by atoms with Crippen LogP contribution in [0.15, 0.2) is 30.4 Å². The first-order chi connectivity index (χ1) is 18.7. The summed E-state index contributed by atoms with van der Waals surface area (Å²) in [7, 11) is 0. The van der Waals surface area contributed by atoms with Crippen LogP contribution in [0.25, 0.3) is 10.2 Å². The second-order valence-corrected chi connectivity index (χ2v) is 12.0. The Bertz CT molecular complexity index is 1100. The molecule has 2 amide bonds. The molecule has 0 spiro atoms. The van der Waals surface area contributed by atoms with Gasteiger partial charge >= 0.3 is 0 Å². The maximum Gasteiger partial charge on any atom is 0.247 e. The molecule has 1 saturated heterocycles. The number of thiazole rings is 1. The van der Waals surface area contributed by atoms with E-state index in [1.54, 1.807) is 11.3 Å². The molecule has 1 aliphatic heterocycles. The fourth-order valence-corrected chi connectivity index (χ4v) is 5.97. The summed E-state index contributed by atoms with van der Waals surface area (Å²) < 4.78 is 6.43. The van der Waals surface area contributed by atoms with E-state index >= 15 is 0 Å². The number of morpholine rings is 1. The van der Waals surface area contributed by atoms with E-state index in [9.17, 15) is 9.59 Å². The van der Waals surface area contributed by atoms with Gasteiger partial charge in [0, 0.05) is 61.7 Å². The van der Waals surface area contributed by atoms with Crippen LogP contribution in [0, 0.1) is 5.92 Å². The lowest BCUT2D eigenvalue weighted by atomic mass is 9.96. The van der Waals surface area contributed by atoms with Crippen molar-refractivity contribution in [2.45, 2.75) is 71.5 Å². The standard InChI is InChI=1S/C29H44ClN5O3S/c1-6-8-27(36)33-24(16-28-34-23-10-9-22(30)15-26(23)39-28)21(5)32-25(19(3)7-2)17-31-29(37)20(4)18-35-11-13-38-14-12-35/h9-10,15,19,21,24-25,32H,4,6-8,11-14,16-18H2,1-3,5H3,(H,31,37)(H,33,36)/t19-,21?,24-,25+/m0/s1. The highest BCUT2D eigenvalue weighted by atomic mass is 35.5. The molecule has 8 nitrogen and oxygen atoms in total. The first kappa shape index (κ1) is 31.5. The van der Waals surface area contributed by atoms with Crippen LogP contribution in [0.4, 0.5) is 0 Å². The Morgan fingerprint density at radius 1 is 1.21 bits per heavy atom. The minimum Gasteiger partial charge on any atom is -0.379 e. The average Bonchev–Trinajstić information content (AvgIpc) is 3.31. The van der Waals surface area contributed by atoms with Crippen LogP contribution in [0.3, 0.4) is 0 Å². The molecular weight excluding hydrogens is 534 g/mol. The van der Waals surface area contributed by atoms with Crippen molar-refractivity contribution in [3.63, 3.8) is 0 Å². The van der Waals surface area contributed by atoms with E-state index in [2.05, 4.69) is 48.2 Å². The van der Waals surface area contributed by atoms with Gasteiger partial charge in [0.05, 0.1) is 34.5 Å². The smallest absolute Gasteiger partial charge is 0.247 e. The molecule has 0 saturated carbocycles. The molecule has 1 fully saturated rings. The number of halogens is 1. The van der Waals surface area contributed by atoms with Crippen molar-refractivity contribution >= 4 is 45.0 Å². The van der Waals surface area contributed by atoms with Gasteiger partial charge in [0.1, 0.15) is 0 Å². The molecule has 3 N–H and O–H groups in total. The van der Waals surface area contributed by atoms with Crippen molar-refractivity contribution in [3.8, 4) is 0 Å². The van der Waals surface area contributed by atoms with E-state index in [1.165, 1.54) is 0 Å². The van der Waals surface area contributed by atoms with Crippen molar-refractivity contribution < 1.29 is 14.3 Å². The van der Waals surface area contributed by atoms with Crippen molar-refractivity contribution in [2.75, 3.05) is 39.4 Å². The van der Waals surface area contributed by atoms with Gasteiger partial charge in [-0.05, 0) is 37.5 Å². The molecule has 4 atom stereocenters. The Hall–Kier alpha value is -2.04. The van der Waals surface area contributed by atoms with Crippen molar-refractivity contribution in [3.05, 3.63) is 40.4 Å². The number of rotatable bonds is 15. The van der Waals surface area contributed by atoms with Crippen LogP contribution >= 0.6 is 22.9 Å². The Morgan fingerprint density at radius 2 is 1.95 bits per heavy atom. The quantitative estimate of drug-likeness (QED) is 0.275. The van der Waals surface area contributed by atoms with Crippen LogP contribution in [0.2, 0.25) is 5.02 Å². The molecule has 0 radical (unpaired) electrons. The minimum atomic E-state index is -0.154. The van der Waals surface area contributed by atoms with Gasteiger partial charge in [-0.25, -0.2) is 4.98 Å². The first-order valence-electron chi connectivity index (χ1n) is 14.1. The van der Waals surface area contributed by atoms with E-state index in [-0.39, 0.29) is 29.9 Å². The van der Waals surface area contributed by atoms with E-state index in [0.717, 1.165) is 41.2 Å². The summed E-state index contributed by atoms with van der Waals surface area (Å²) in [5, 5.41) is 11.7. The highest BCUT2D eigenvalue weighted by Gasteiger charge is 2.26. The Kier molecular flexibility index (Phi) is 12.7. The number of fused-ring (bicyclic) bond motifs is 1. The molecule has 10 heteroatoms. The predicted octanol–water partition coefficient (Wildman–Crippen LogP) is 4.17. The van der Waals surface area contributed by atoms with Crippen LogP contribution in [-0.4, -0.2) is 79.2 Å². The summed E-state index contributed by atoms with van der Waals surface area (Å²) in [4.78, 5) is 32.5. The number of benzene rings is 1. The van der Waals surface area contributed by atoms with Crippen LogP contribution in [0.5, 0.6) is 0 Å². The normalized spacial score (nSPS) is 17.4. The van der Waals surface area contributed by atoms with Crippen molar-refractivity contribution in [1.29, 1.82) is 0 Å². The second-order valence-electron chi connectivity index (χ2n) is 10.5. The Labute approximate surface area is 241 Å². The molecule has 3 rings (SSSR count). The van der Waals surface area contributed by atoms with Gasteiger partial charge in [-0.1, -0.05) is 45.4 Å². The topological polar surface area (TPSA) is 95.6 Å². The fourth-order valence-electron chi connectivity index (χ4n) is 4.67. The molecule has 2 heterocycles. The van der Waals surface area contributed by atoms with Gasteiger partial charge in [-0.3, -0.25) is 14.5 Å². The molecule has 0 aliphatic carbocycles. The number of hydrogen-bond acceptors (Lipinski definition) is 7. The second kappa shape index (κ2) is 15.7. The summed E-state index contributed by atoms with van der Waals surface area (Å²) in [6, 6.07) is 5.54. The van der Waals surface area contributed by atoms with Crippen molar-refractivity contribution in [1.82, 2.24) is 25.8 Å². The number of hydrogen-bond donors (Lipinski definition) is 3. The Morgan fingerprint density at radius 3 is 2.64 bits per heavy atom. The zero-order valence-corrected chi connectivity index (χ0v) is 25.3. The third-order valence-electron chi connectivity index (χ3n) is 7.35. The SMILES string of the molecule is C=C(CN1CCOCC1)C(=O)NC[C@@H](NC(C)[C@H](Cc1nc2ccc(Cl)cc2s1)NC(=O)CCC)[C@@H](C)CC. The minimum absolute atomic E-state index is 0.0323. The first-order valence-corrected chi connectivity index (χ1v) is 15.3. The third kappa shape index (κ3) is 9.83. The number of nitrogens with one attached hydrogen (secondary N) is 3. The molecule has 2 aromatic rings. The highest BCUT2D eigenvalue weighted by molar-refractivity contribution is 7.18. The third-order valence-corrected chi connectivity index (χ3v) is 8.62. The maximum atomic E-state index is 12.8. The number of ether oxygens (including phenoxy) is 1. The lowest BCUT2D eigenvalue weighted by molar-refractivity contribution is -0.122. The summed E-state index contributed by atoms with van der Waals surface area (Å²) >= 11 is 7.78. The predicted molar refractivity (Wildman–Crippen MR) is 160 cm³/mol. The van der Waals surface area contributed by atoms with Gasteiger partial charge in [0.2, 0.25) is 11.8 Å². The summed E-state index contributed by atoms with van der Waals surface area (Å²) in [6.45, 7) is 16.5. The summed E-state index contributed by atoms with van der Waals surface area (Å²) in [5.74, 6) is 0.232. The number of carbonyl (C=O) groups is 2.